The molecule has 1 unspecified atom stereocenters. The van der Waals surface area contributed by atoms with Crippen LogP contribution in [0.5, 0.6) is 0 Å². The third-order valence-corrected chi connectivity index (χ3v) is 3.88. The van der Waals surface area contributed by atoms with Gasteiger partial charge < -0.3 is 5.73 Å². The Kier molecular flexibility index (Phi) is 2.74. The van der Waals surface area contributed by atoms with Crippen LogP contribution in [0.1, 0.15) is 32.2 Å². The van der Waals surface area contributed by atoms with Crippen LogP contribution in [0.3, 0.4) is 0 Å². The molecule has 1 saturated carbocycles. The van der Waals surface area contributed by atoms with E-state index in [1.54, 1.807) is 0 Å². The van der Waals surface area contributed by atoms with Crippen molar-refractivity contribution in [2.45, 2.75) is 32.2 Å². The Hall–Kier alpha value is -1.91. The van der Waals surface area contributed by atoms with Gasteiger partial charge in [-0.3, -0.25) is 0 Å². The molecule has 3 rings (SSSR count). The summed E-state index contributed by atoms with van der Waals surface area (Å²) >= 11 is 0. The maximum absolute atomic E-state index is 5.70. The Labute approximate surface area is 106 Å². The SMILES string of the molecule is CC(C1CCC1)n1nnnc1-c1ccc(N)cc1. The zero-order valence-corrected chi connectivity index (χ0v) is 10.5. The number of anilines is 1. The molecule has 5 heteroatoms. The number of hydrogen-bond donors (Lipinski definition) is 1. The molecule has 0 saturated heterocycles. The molecular formula is C13H17N5. The van der Waals surface area contributed by atoms with Gasteiger partial charge in [0.2, 0.25) is 0 Å². The zero-order chi connectivity index (χ0) is 12.5. The second-order valence-corrected chi connectivity index (χ2v) is 5.00. The minimum atomic E-state index is 0.362. The summed E-state index contributed by atoms with van der Waals surface area (Å²) in [6, 6.07) is 8.04. The lowest BCUT2D eigenvalue weighted by Crippen LogP contribution is -2.24. The second kappa shape index (κ2) is 4.40. The first kappa shape index (κ1) is 11.2. The van der Waals surface area contributed by atoms with Crippen LogP contribution in [0.4, 0.5) is 5.69 Å². The molecule has 2 aromatic rings. The molecule has 0 spiro atoms. The van der Waals surface area contributed by atoms with Crippen molar-refractivity contribution in [3.05, 3.63) is 24.3 Å². The van der Waals surface area contributed by atoms with Crippen molar-refractivity contribution in [1.82, 2.24) is 20.2 Å². The monoisotopic (exact) mass is 243 g/mol. The average Bonchev–Trinajstić information content (AvgIpc) is 2.76. The molecule has 1 heterocycles. The molecule has 1 aromatic heterocycles. The fraction of sp³-hybridized carbons (Fsp3) is 0.462. The molecular weight excluding hydrogens is 226 g/mol. The molecule has 0 amide bonds. The van der Waals surface area contributed by atoms with Gasteiger partial charge in [-0.2, -0.15) is 0 Å². The van der Waals surface area contributed by atoms with E-state index in [9.17, 15) is 0 Å². The summed E-state index contributed by atoms with van der Waals surface area (Å²) in [4.78, 5) is 0. The first-order chi connectivity index (χ1) is 8.75. The summed E-state index contributed by atoms with van der Waals surface area (Å²) < 4.78 is 1.94. The lowest BCUT2D eigenvalue weighted by Gasteiger charge is -2.31. The van der Waals surface area contributed by atoms with E-state index in [-0.39, 0.29) is 0 Å². The van der Waals surface area contributed by atoms with Crippen molar-refractivity contribution in [2.24, 2.45) is 5.92 Å². The third-order valence-electron chi connectivity index (χ3n) is 3.88. The highest BCUT2D eigenvalue weighted by Gasteiger charge is 2.27. The van der Waals surface area contributed by atoms with Crippen molar-refractivity contribution in [3.63, 3.8) is 0 Å². The minimum Gasteiger partial charge on any atom is -0.399 e. The summed E-state index contributed by atoms with van der Waals surface area (Å²) in [5, 5.41) is 12.1. The highest BCUT2D eigenvalue weighted by molar-refractivity contribution is 5.58. The maximum Gasteiger partial charge on any atom is 0.182 e. The Morgan fingerprint density at radius 2 is 2.00 bits per heavy atom. The van der Waals surface area contributed by atoms with Gasteiger partial charge in [0.05, 0.1) is 6.04 Å². The van der Waals surface area contributed by atoms with Gasteiger partial charge in [0, 0.05) is 11.3 Å². The largest absolute Gasteiger partial charge is 0.399 e. The van der Waals surface area contributed by atoms with Crippen LogP contribution in [0.2, 0.25) is 0 Å². The molecule has 18 heavy (non-hydrogen) atoms. The molecule has 5 nitrogen and oxygen atoms in total. The second-order valence-electron chi connectivity index (χ2n) is 5.00. The van der Waals surface area contributed by atoms with E-state index in [2.05, 4.69) is 22.4 Å². The number of nitrogens with zero attached hydrogens (tertiary/aromatic N) is 4. The van der Waals surface area contributed by atoms with Crippen molar-refractivity contribution in [3.8, 4) is 11.4 Å². The lowest BCUT2D eigenvalue weighted by molar-refractivity contribution is 0.210. The van der Waals surface area contributed by atoms with Crippen LogP contribution < -0.4 is 5.73 Å². The topological polar surface area (TPSA) is 69.6 Å². The fourth-order valence-electron chi connectivity index (χ4n) is 2.41. The van der Waals surface area contributed by atoms with Gasteiger partial charge in [-0.25, -0.2) is 4.68 Å². The van der Waals surface area contributed by atoms with Crippen molar-refractivity contribution < 1.29 is 0 Å². The highest BCUT2D eigenvalue weighted by atomic mass is 15.5. The van der Waals surface area contributed by atoms with E-state index < -0.39 is 0 Å². The van der Waals surface area contributed by atoms with Crippen molar-refractivity contribution in [2.75, 3.05) is 5.73 Å². The molecule has 1 aromatic carbocycles. The van der Waals surface area contributed by atoms with Gasteiger partial charge in [0.25, 0.3) is 0 Å². The summed E-state index contributed by atoms with van der Waals surface area (Å²) in [7, 11) is 0. The third kappa shape index (κ3) is 1.85. The smallest absolute Gasteiger partial charge is 0.182 e. The van der Waals surface area contributed by atoms with Crippen molar-refractivity contribution >= 4 is 5.69 Å². The Morgan fingerprint density at radius 1 is 1.28 bits per heavy atom. The summed E-state index contributed by atoms with van der Waals surface area (Å²) in [5.74, 6) is 1.54. The quantitative estimate of drug-likeness (QED) is 0.840. The number of aromatic nitrogens is 4. The van der Waals surface area contributed by atoms with Crippen LogP contribution >= 0.6 is 0 Å². The zero-order valence-electron chi connectivity index (χ0n) is 10.5. The number of hydrogen-bond acceptors (Lipinski definition) is 4. The molecule has 1 aliphatic rings. The van der Waals surface area contributed by atoms with Crippen LogP contribution in [-0.4, -0.2) is 20.2 Å². The van der Waals surface area contributed by atoms with Gasteiger partial charge in [-0.05, 0) is 60.4 Å². The fourth-order valence-corrected chi connectivity index (χ4v) is 2.41. The van der Waals surface area contributed by atoms with E-state index in [4.69, 9.17) is 5.73 Å². The summed E-state index contributed by atoms with van der Waals surface area (Å²) in [6.07, 6.45) is 3.89. The highest BCUT2D eigenvalue weighted by Crippen LogP contribution is 2.36. The Bertz CT molecular complexity index is 527. The van der Waals surface area contributed by atoms with E-state index >= 15 is 0 Å². The van der Waals surface area contributed by atoms with Gasteiger partial charge in [-0.15, -0.1) is 5.10 Å². The number of nitrogens with two attached hydrogens (primary N) is 1. The van der Waals surface area contributed by atoms with Crippen LogP contribution in [0.15, 0.2) is 24.3 Å². The normalized spacial score (nSPS) is 17.4. The average molecular weight is 243 g/mol. The molecule has 1 atom stereocenters. The number of tetrazole rings is 1. The van der Waals surface area contributed by atoms with E-state index in [0.717, 1.165) is 17.1 Å². The number of benzene rings is 1. The van der Waals surface area contributed by atoms with E-state index in [0.29, 0.717) is 12.0 Å². The summed E-state index contributed by atoms with van der Waals surface area (Å²) in [6.45, 7) is 2.20. The number of rotatable bonds is 3. The summed E-state index contributed by atoms with van der Waals surface area (Å²) in [5.41, 5.74) is 7.47. The van der Waals surface area contributed by atoms with E-state index in [1.807, 2.05) is 28.9 Å². The number of nitrogen functional groups attached to an aromatic ring is 1. The Morgan fingerprint density at radius 3 is 2.61 bits per heavy atom. The molecule has 0 bridgehead atoms. The maximum atomic E-state index is 5.70. The van der Waals surface area contributed by atoms with Gasteiger partial charge in [-0.1, -0.05) is 6.42 Å². The predicted molar refractivity (Wildman–Crippen MR) is 69.7 cm³/mol. The van der Waals surface area contributed by atoms with E-state index in [1.165, 1.54) is 19.3 Å². The van der Waals surface area contributed by atoms with Crippen LogP contribution in [-0.2, 0) is 0 Å². The first-order valence-corrected chi connectivity index (χ1v) is 6.39. The van der Waals surface area contributed by atoms with Gasteiger partial charge >= 0.3 is 0 Å². The Balaban J connectivity index is 1.93. The molecule has 1 aliphatic carbocycles. The molecule has 2 N–H and O–H groups in total. The van der Waals surface area contributed by atoms with Crippen LogP contribution in [0.25, 0.3) is 11.4 Å². The molecule has 94 valence electrons. The van der Waals surface area contributed by atoms with Gasteiger partial charge in [0.1, 0.15) is 0 Å². The predicted octanol–water partition coefficient (Wildman–Crippen LogP) is 2.28. The van der Waals surface area contributed by atoms with Crippen LogP contribution in [0, 0.1) is 5.92 Å². The lowest BCUT2D eigenvalue weighted by atomic mass is 9.80. The molecule has 0 radical (unpaired) electrons. The molecule has 1 fully saturated rings. The molecule has 0 aliphatic heterocycles. The minimum absolute atomic E-state index is 0.362. The van der Waals surface area contributed by atoms with Gasteiger partial charge in [0.15, 0.2) is 5.82 Å². The first-order valence-electron chi connectivity index (χ1n) is 6.39. The standard InChI is InChI=1S/C13H17N5/c1-9(10-3-2-4-10)18-13(15-16-17-18)11-5-7-12(14)8-6-11/h5-10H,2-4,14H2,1H3. The van der Waals surface area contributed by atoms with Crippen molar-refractivity contribution in [1.29, 1.82) is 0 Å².